The van der Waals surface area contributed by atoms with E-state index in [1.165, 1.54) is 25.8 Å². The van der Waals surface area contributed by atoms with Crippen molar-refractivity contribution in [2.24, 2.45) is 0 Å². The first-order valence-corrected chi connectivity index (χ1v) is 6.67. The lowest BCUT2D eigenvalue weighted by molar-refractivity contribution is -0.0681. The molecule has 1 saturated heterocycles. The lowest BCUT2D eigenvalue weighted by Crippen LogP contribution is -2.45. The highest BCUT2D eigenvalue weighted by Crippen LogP contribution is 2.11. The van der Waals surface area contributed by atoms with Crippen molar-refractivity contribution >= 4 is 0 Å². The van der Waals surface area contributed by atoms with Gasteiger partial charge in [-0.25, -0.2) is 0 Å². The zero-order valence-electron chi connectivity index (χ0n) is 11.3. The third kappa shape index (κ3) is 5.28. The van der Waals surface area contributed by atoms with Crippen LogP contribution in [0.2, 0.25) is 0 Å². The van der Waals surface area contributed by atoms with Crippen LogP contribution in [0.25, 0.3) is 0 Å². The molecular formula is C13H28N2O. The van der Waals surface area contributed by atoms with Crippen LogP contribution in [0.4, 0.5) is 0 Å². The third-order valence-corrected chi connectivity index (χ3v) is 3.35. The molecule has 0 aromatic rings. The molecular weight excluding hydrogens is 200 g/mol. The quantitative estimate of drug-likeness (QED) is 0.703. The summed E-state index contributed by atoms with van der Waals surface area (Å²) in [6, 6.07) is 0.655. The summed E-state index contributed by atoms with van der Waals surface area (Å²) < 4.78 is 5.73. The highest BCUT2D eigenvalue weighted by molar-refractivity contribution is 4.73. The second-order valence-corrected chi connectivity index (χ2v) is 5.20. The molecule has 0 amide bonds. The predicted molar refractivity (Wildman–Crippen MR) is 68.8 cm³/mol. The Bertz CT molecular complexity index is 177. The van der Waals surface area contributed by atoms with Gasteiger partial charge in [0.2, 0.25) is 0 Å². The maximum Gasteiger partial charge on any atom is 0.0678 e. The first kappa shape index (κ1) is 13.9. The van der Waals surface area contributed by atoms with Crippen molar-refractivity contribution in [2.45, 2.75) is 58.3 Å². The molecule has 0 spiro atoms. The molecule has 1 aliphatic rings. The Kier molecular flexibility index (Phi) is 6.32. The lowest BCUT2D eigenvalue weighted by atomic mass is 10.1. The fraction of sp³-hybridized carbons (Fsp3) is 1.00. The third-order valence-electron chi connectivity index (χ3n) is 3.35. The second kappa shape index (κ2) is 7.25. The molecule has 1 N–H and O–H groups in total. The van der Waals surface area contributed by atoms with E-state index in [0.717, 1.165) is 13.1 Å². The van der Waals surface area contributed by atoms with Gasteiger partial charge in [-0.3, -0.25) is 4.90 Å². The van der Waals surface area contributed by atoms with Gasteiger partial charge >= 0.3 is 0 Å². The van der Waals surface area contributed by atoms with Crippen LogP contribution in [0.5, 0.6) is 0 Å². The van der Waals surface area contributed by atoms with Crippen LogP contribution in [0.15, 0.2) is 0 Å². The van der Waals surface area contributed by atoms with Crippen LogP contribution >= 0.6 is 0 Å². The van der Waals surface area contributed by atoms with Crippen molar-refractivity contribution in [1.82, 2.24) is 10.2 Å². The molecule has 0 aliphatic carbocycles. The molecule has 1 fully saturated rings. The fourth-order valence-electron chi connectivity index (χ4n) is 2.40. The highest BCUT2D eigenvalue weighted by Gasteiger charge is 2.21. The van der Waals surface area contributed by atoms with E-state index in [-0.39, 0.29) is 0 Å². The average Bonchev–Trinajstić information content (AvgIpc) is 2.22. The maximum absolute atomic E-state index is 5.73. The number of unbranched alkanes of at least 4 members (excludes halogenated alkanes) is 1. The van der Waals surface area contributed by atoms with Crippen molar-refractivity contribution in [3.05, 3.63) is 0 Å². The molecule has 0 bridgehead atoms. The summed E-state index contributed by atoms with van der Waals surface area (Å²) in [5.41, 5.74) is 0. The van der Waals surface area contributed by atoms with Gasteiger partial charge in [0.15, 0.2) is 0 Å². The predicted octanol–water partition coefficient (Wildman–Crippen LogP) is 1.87. The van der Waals surface area contributed by atoms with Crippen LogP contribution in [-0.4, -0.2) is 49.8 Å². The molecule has 3 heteroatoms. The number of ether oxygens (including phenoxy) is 1. The molecule has 1 unspecified atom stereocenters. The smallest absolute Gasteiger partial charge is 0.0678 e. The van der Waals surface area contributed by atoms with Gasteiger partial charge in [-0.2, -0.15) is 0 Å². The molecule has 1 aliphatic heterocycles. The zero-order chi connectivity index (χ0) is 12.0. The number of hydrogen-bond acceptors (Lipinski definition) is 3. The number of hydrogen-bond donors (Lipinski definition) is 1. The highest BCUT2D eigenvalue weighted by atomic mass is 16.5. The van der Waals surface area contributed by atoms with Crippen LogP contribution in [0.1, 0.15) is 40.0 Å². The van der Waals surface area contributed by atoms with Crippen molar-refractivity contribution in [1.29, 1.82) is 0 Å². The van der Waals surface area contributed by atoms with E-state index >= 15 is 0 Å². The number of morpholine rings is 1. The molecule has 16 heavy (non-hydrogen) atoms. The van der Waals surface area contributed by atoms with E-state index in [1.807, 2.05) is 7.05 Å². The van der Waals surface area contributed by atoms with Crippen LogP contribution in [0.3, 0.4) is 0 Å². The average molecular weight is 228 g/mol. The minimum Gasteiger partial charge on any atom is -0.373 e. The first-order valence-electron chi connectivity index (χ1n) is 6.67. The minimum absolute atomic E-state index is 0.403. The maximum atomic E-state index is 5.73. The molecule has 3 atom stereocenters. The van der Waals surface area contributed by atoms with Crippen LogP contribution in [0, 0.1) is 0 Å². The van der Waals surface area contributed by atoms with Crippen molar-refractivity contribution < 1.29 is 4.74 Å². The standard InChI is InChI=1S/C13H28N2O/c1-11(14-4)7-5-6-8-15-9-12(2)16-13(3)10-15/h11-14H,5-10H2,1-4H3/t11?,12-,13+. The number of rotatable bonds is 6. The van der Waals surface area contributed by atoms with Crippen molar-refractivity contribution in [2.75, 3.05) is 26.7 Å². The first-order chi connectivity index (χ1) is 7.61. The summed E-state index contributed by atoms with van der Waals surface area (Å²) in [6.07, 6.45) is 4.72. The molecule has 0 aromatic carbocycles. The Morgan fingerprint density at radius 1 is 1.25 bits per heavy atom. The van der Waals surface area contributed by atoms with Gasteiger partial charge in [0, 0.05) is 19.1 Å². The lowest BCUT2D eigenvalue weighted by Gasteiger charge is -2.35. The largest absolute Gasteiger partial charge is 0.373 e. The number of nitrogens with zero attached hydrogens (tertiary/aromatic N) is 1. The Hall–Kier alpha value is -0.120. The van der Waals surface area contributed by atoms with Crippen molar-refractivity contribution in [3.63, 3.8) is 0 Å². The van der Waals surface area contributed by atoms with Crippen LogP contribution < -0.4 is 5.32 Å². The summed E-state index contributed by atoms with van der Waals surface area (Å²) in [7, 11) is 2.04. The Labute approximate surface area is 101 Å². The van der Waals surface area contributed by atoms with E-state index in [9.17, 15) is 0 Å². The van der Waals surface area contributed by atoms with E-state index in [1.54, 1.807) is 0 Å². The molecule has 96 valence electrons. The summed E-state index contributed by atoms with van der Waals surface area (Å²) in [6.45, 7) is 10.0. The monoisotopic (exact) mass is 228 g/mol. The van der Waals surface area contributed by atoms with Gasteiger partial charge in [-0.1, -0.05) is 6.42 Å². The minimum atomic E-state index is 0.403. The van der Waals surface area contributed by atoms with E-state index in [0.29, 0.717) is 18.2 Å². The SMILES string of the molecule is CNC(C)CCCCN1C[C@@H](C)O[C@@H](C)C1. The zero-order valence-corrected chi connectivity index (χ0v) is 11.3. The molecule has 1 heterocycles. The van der Waals surface area contributed by atoms with Gasteiger partial charge in [0.05, 0.1) is 12.2 Å². The van der Waals surface area contributed by atoms with Gasteiger partial charge in [-0.05, 0) is 47.2 Å². The van der Waals surface area contributed by atoms with E-state index in [2.05, 4.69) is 31.0 Å². The molecule has 0 saturated carbocycles. The summed E-state index contributed by atoms with van der Waals surface area (Å²) in [5, 5.41) is 3.28. The topological polar surface area (TPSA) is 24.5 Å². The Morgan fingerprint density at radius 2 is 1.88 bits per heavy atom. The fourth-order valence-corrected chi connectivity index (χ4v) is 2.40. The number of nitrogens with one attached hydrogen (secondary N) is 1. The molecule has 1 rings (SSSR count). The second-order valence-electron chi connectivity index (χ2n) is 5.20. The van der Waals surface area contributed by atoms with E-state index < -0.39 is 0 Å². The Morgan fingerprint density at radius 3 is 2.44 bits per heavy atom. The van der Waals surface area contributed by atoms with E-state index in [4.69, 9.17) is 4.74 Å². The summed E-state index contributed by atoms with van der Waals surface area (Å²) in [5.74, 6) is 0. The molecule has 3 nitrogen and oxygen atoms in total. The van der Waals surface area contributed by atoms with Crippen molar-refractivity contribution in [3.8, 4) is 0 Å². The molecule has 0 radical (unpaired) electrons. The van der Waals surface area contributed by atoms with Gasteiger partial charge < -0.3 is 10.1 Å². The van der Waals surface area contributed by atoms with Gasteiger partial charge in [-0.15, -0.1) is 0 Å². The van der Waals surface area contributed by atoms with Crippen LogP contribution in [-0.2, 0) is 4.74 Å². The summed E-state index contributed by atoms with van der Waals surface area (Å²) in [4.78, 5) is 2.54. The summed E-state index contributed by atoms with van der Waals surface area (Å²) >= 11 is 0. The molecule has 0 aromatic heterocycles. The normalized spacial score (nSPS) is 29.2. The van der Waals surface area contributed by atoms with Gasteiger partial charge in [0.1, 0.15) is 0 Å². The Balaban J connectivity index is 2.08. The van der Waals surface area contributed by atoms with Gasteiger partial charge in [0.25, 0.3) is 0 Å².